The standard InChI is InChI=1S/C17H24BrIO/c1-14(11-17(18)19)7-6-8-15(2)12-20-13-16-9-4-3-5-10-16/h3-5,9-11,15,17H,6-8,12-13H2,1-2H3. The van der Waals surface area contributed by atoms with E-state index in [0.29, 0.717) is 8.75 Å². The van der Waals surface area contributed by atoms with Crippen molar-refractivity contribution < 1.29 is 4.74 Å². The molecule has 0 radical (unpaired) electrons. The number of alkyl halides is 2. The summed E-state index contributed by atoms with van der Waals surface area (Å²) in [4.78, 5) is 0. The Balaban J connectivity index is 2.10. The van der Waals surface area contributed by atoms with Gasteiger partial charge in [0.15, 0.2) is 0 Å². The van der Waals surface area contributed by atoms with E-state index < -0.39 is 0 Å². The van der Waals surface area contributed by atoms with Gasteiger partial charge in [-0.2, -0.15) is 0 Å². The van der Waals surface area contributed by atoms with E-state index in [4.69, 9.17) is 4.74 Å². The fraction of sp³-hybridized carbons (Fsp3) is 0.529. The van der Waals surface area contributed by atoms with Crippen LogP contribution >= 0.6 is 38.5 Å². The largest absolute Gasteiger partial charge is 0.376 e. The summed E-state index contributed by atoms with van der Waals surface area (Å²) in [7, 11) is 0. The maximum absolute atomic E-state index is 5.78. The van der Waals surface area contributed by atoms with Gasteiger partial charge in [0.1, 0.15) is 0 Å². The molecule has 2 unspecified atom stereocenters. The highest BCUT2D eigenvalue weighted by atomic mass is 127. The third kappa shape index (κ3) is 9.14. The molecule has 1 rings (SSSR count). The SMILES string of the molecule is CC(=CC(Br)I)CCCC(C)COCc1ccccc1. The Morgan fingerprint density at radius 3 is 2.70 bits per heavy atom. The summed E-state index contributed by atoms with van der Waals surface area (Å²) in [5, 5.41) is 0. The third-order valence-corrected chi connectivity index (χ3v) is 3.82. The maximum Gasteiger partial charge on any atom is 0.0844 e. The highest BCUT2D eigenvalue weighted by Crippen LogP contribution is 2.18. The predicted molar refractivity (Wildman–Crippen MR) is 99.6 cm³/mol. The number of benzene rings is 1. The smallest absolute Gasteiger partial charge is 0.0844 e. The van der Waals surface area contributed by atoms with Gasteiger partial charge >= 0.3 is 0 Å². The van der Waals surface area contributed by atoms with Gasteiger partial charge < -0.3 is 4.74 Å². The number of ether oxygens (including phenoxy) is 1. The molecule has 0 aliphatic carbocycles. The molecule has 0 heterocycles. The second-order valence-electron chi connectivity index (χ2n) is 5.35. The van der Waals surface area contributed by atoms with Crippen molar-refractivity contribution in [1.29, 1.82) is 0 Å². The van der Waals surface area contributed by atoms with Gasteiger partial charge in [0.25, 0.3) is 0 Å². The van der Waals surface area contributed by atoms with Crippen LogP contribution in [-0.2, 0) is 11.3 Å². The normalized spacial score (nSPS) is 15.1. The van der Waals surface area contributed by atoms with Crippen LogP contribution < -0.4 is 0 Å². The Morgan fingerprint density at radius 2 is 2.05 bits per heavy atom. The average Bonchev–Trinajstić information content (AvgIpc) is 2.39. The minimum absolute atomic E-state index is 0.451. The highest BCUT2D eigenvalue weighted by Gasteiger charge is 2.03. The van der Waals surface area contributed by atoms with Gasteiger partial charge in [-0.15, -0.1) is 0 Å². The zero-order valence-electron chi connectivity index (χ0n) is 12.3. The molecule has 0 N–H and O–H groups in total. The van der Waals surface area contributed by atoms with Crippen LogP contribution in [0.2, 0.25) is 0 Å². The van der Waals surface area contributed by atoms with Gasteiger partial charge in [-0.3, -0.25) is 0 Å². The van der Waals surface area contributed by atoms with E-state index in [-0.39, 0.29) is 0 Å². The van der Waals surface area contributed by atoms with Crippen molar-refractivity contribution in [3.63, 3.8) is 0 Å². The molecule has 1 aromatic rings. The van der Waals surface area contributed by atoms with E-state index in [9.17, 15) is 0 Å². The quantitative estimate of drug-likeness (QED) is 0.250. The van der Waals surface area contributed by atoms with Crippen molar-refractivity contribution in [2.45, 2.75) is 42.6 Å². The lowest BCUT2D eigenvalue weighted by atomic mass is 10.0. The van der Waals surface area contributed by atoms with Crippen LogP contribution in [0.5, 0.6) is 0 Å². The average molecular weight is 451 g/mol. The summed E-state index contributed by atoms with van der Waals surface area (Å²) in [6.07, 6.45) is 5.94. The zero-order chi connectivity index (χ0) is 14.8. The first-order valence-corrected chi connectivity index (χ1v) is 9.31. The Kier molecular flexibility index (Phi) is 9.82. The molecule has 0 fully saturated rings. The Labute approximate surface area is 145 Å². The molecule has 0 amide bonds. The molecule has 0 saturated carbocycles. The molecule has 20 heavy (non-hydrogen) atoms. The maximum atomic E-state index is 5.78. The molecule has 3 heteroatoms. The third-order valence-electron chi connectivity index (χ3n) is 3.19. The summed E-state index contributed by atoms with van der Waals surface area (Å²) in [5.74, 6) is 0.630. The monoisotopic (exact) mass is 450 g/mol. The Bertz CT molecular complexity index is 389. The molecular weight excluding hydrogens is 427 g/mol. The molecule has 1 aromatic carbocycles. The number of rotatable bonds is 9. The van der Waals surface area contributed by atoms with E-state index in [2.05, 4.69) is 82.7 Å². The highest BCUT2D eigenvalue weighted by molar-refractivity contribution is 14.1. The summed E-state index contributed by atoms with van der Waals surface area (Å²) in [6.45, 7) is 6.06. The van der Waals surface area contributed by atoms with Crippen LogP contribution in [0.3, 0.4) is 0 Å². The van der Waals surface area contributed by atoms with Crippen LogP contribution in [0.4, 0.5) is 0 Å². The molecule has 0 aliphatic rings. The van der Waals surface area contributed by atoms with Crippen LogP contribution in [-0.4, -0.2) is 9.44 Å². The van der Waals surface area contributed by atoms with E-state index in [0.717, 1.165) is 13.2 Å². The fourth-order valence-electron chi connectivity index (χ4n) is 2.06. The fourth-order valence-corrected chi connectivity index (χ4v) is 3.13. The lowest BCUT2D eigenvalue weighted by Gasteiger charge is -2.12. The van der Waals surface area contributed by atoms with Crippen molar-refractivity contribution >= 4 is 38.5 Å². The molecule has 0 aliphatic heterocycles. The lowest BCUT2D eigenvalue weighted by Crippen LogP contribution is -2.06. The van der Waals surface area contributed by atoms with Gasteiger partial charge in [-0.1, -0.05) is 87.4 Å². The molecule has 0 saturated heterocycles. The van der Waals surface area contributed by atoms with Crippen molar-refractivity contribution in [1.82, 2.24) is 0 Å². The predicted octanol–water partition coefficient (Wildman–Crippen LogP) is 6.11. The van der Waals surface area contributed by atoms with Crippen molar-refractivity contribution in [3.8, 4) is 0 Å². The minimum atomic E-state index is 0.451. The molecule has 112 valence electrons. The topological polar surface area (TPSA) is 9.23 Å². The van der Waals surface area contributed by atoms with Crippen LogP contribution in [0.1, 0.15) is 38.7 Å². The van der Waals surface area contributed by atoms with E-state index >= 15 is 0 Å². The molecule has 0 bridgehead atoms. The lowest BCUT2D eigenvalue weighted by molar-refractivity contribution is 0.0890. The van der Waals surface area contributed by atoms with Crippen molar-refractivity contribution in [2.24, 2.45) is 5.92 Å². The Hall–Kier alpha value is 0.130. The summed E-state index contributed by atoms with van der Waals surface area (Å²) >= 11 is 5.91. The van der Waals surface area contributed by atoms with Crippen LogP contribution in [0.15, 0.2) is 42.0 Å². The minimum Gasteiger partial charge on any atom is -0.376 e. The molecule has 0 spiro atoms. The van der Waals surface area contributed by atoms with Gasteiger partial charge in [-0.25, -0.2) is 0 Å². The number of hydrogen-bond acceptors (Lipinski definition) is 1. The molecule has 0 aromatic heterocycles. The van der Waals surface area contributed by atoms with Crippen LogP contribution in [0, 0.1) is 5.92 Å². The second-order valence-corrected chi connectivity index (χ2v) is 9.39. The van der Waals surface area contributed by atoms with Gasteiger partial charge in [0.05, 0.1) is 9.44 Å². The summed E-state index contributed by atoms with van der Waals surface area (Å²) < 4.78 is 6.23. The molecule has 1 nitrogen and oxygen atoms in total. The Morgan fingerprint density at radius 1 is 1.35 bits per heavy atom. The summed E-state index contributed by atoms with van der Waals surface area (Å²) in [5.41, 5.74) is 2.72. The first-order chi connectivity index (χ1) is 9.58. The molecule has 2 atom stereocenters. The summed E-state index contributed by atoms with van der Waals surface area (Å²) in [6, 6.07) is 10.4. The van der Waals surface area contributed by atoms with Crippen molar-refractivity contribution in [2.75, 3.05) is 6.61 Å². The first kappa shape index (κ1) is 18.2. The van der Waals surface area contributed by atoms with Crippen LogP contribution in [0.25, 0.3) is 0 Å². The second kappa shape index (κ2) is 10.8. The van der Waals surface area contributed by atoms with Crippen molar-refractivity contribution in [3.05, 3.63) is 47.5 Å². The number of allylic oxidation sites excluding steroid dienone is 2. The molecular formula is C17H24BrIO. The first-order valence-electron chi connectivity index (χ1n) is 7.15. The number of halogens is 2. The van der Waals surface area contributed by atoms with Gasteiger partial charge in [0, 0.05) is 6.61 Å². The van der Waals surface area contributed by atoms with E-state index in [1.807, 2.05) is 6.07 Å². The van der Waals surface area contributed by atoms with Gasteiger partial charge in [0.2, 0.25) is 0 Å². The number of hydrogen-bond donors (Lipinski definition) is 0. The zero-order valence-corrected chi connectivity index (χ0v) is 16.1. The van der Waals surface area contributed by atoms with Gasteiger partial charge in [-0.05, 0) is 37.7 Å². The van der Waals surface area contributed by atoms with E-state index in [1.165, 1.54) is 30.4 Å². The van der Waals surface area contributed by atoms with E-state index in [1.54, 1.807) is 0 Å².